The van der Waals surface area contributed by atoms with Crippen LogP contribution in [-0.2, 0) is 19.1 Å². The smallest absolute Gasteiger partial charge is 0.387 e. The van der Waals surface area contributed by atoms with Crippen molar-refractivity contribution in [2.75, 3.05) is 0 Å². The van der Waals surface area contributed by atoms with E-state index in [0.717, 1.165) is 0 Å². The van der Waals surface area contributed by atoms with Crippen molar-refractivity contribution in [3.8, 4) is 0 Å². The molecule has 2 unspecified atom stereocenters. The molecule has 0 aromatic rings. The van der Waals surface area contributed by atoms with E-state index < -0.39 is 76.0 Å². The van der Waals surface area contributed by atoms with Crippen molar-refractivity contribution in [2.24, 2.45) is 0 Å². The summed E-state index contributed by atoms with van der Waals surface area (Å²) in [5.41, 5.74) is -3.40. The van der Waals surface area contributed by atoms with Crippen LogP contribution in [0.3, 0.4) is 0 Å². The molecule has 0 aliphatic carbocycles. The summed E-state index contributed by atoms with van der Waals surface area (Å²) < 4.78 is 9.74. The highest BCUT2D eigenvalue weighted by Gasteiger charge is 2.60. The summed E-state index contributed by atoms with van der Waals surface area (Å²) >= 11 is 0. The minimum atomic E-state index is -5.05. The van der Waals surface area contributed by atoms with Crippen LogP contribution in [0.25, 0.3) is 0 Å². The van der Waals surface area contributed by atoms with Gasteiger partial charge in [0.2, 0.25) is 0 Å². The van der Waals surface area contributed by atoms with Gasteiger partial charge >= 0.3 is 26.9 Å². The SMILES string of the molecule is O=C([C@H]1OC(NC2O[C@H](C(=O)[P+](O)(O)O)[C@@H](O)[C@H]2O)[C@H](O)[C@@H]1O)[P+](O)(O)O. The van der Waals surface area contributed by atoms with E-state index in [9.17, 15) is 30.0 Å². The first-order valence-corrected chi connectivity index (χ1v) is 10.5. The van der Waals surface area contributed by atoms with Crippen molar-refractivity contribution >= 4 is 26.9 Å². The predicted octanol–water partition coefficient (Wildman–Crippen LogP) is -6.00. The van der Waals surface area contributed by atoms with Crippen LogP contribution < -0.4 is 5.32 Å². The zero-order valence-corrected chi connectivity index (χ0v) is 14.9. The van der Waals surface area contributed by atoms with Crippen LogP contribution in [0.5, 0.6) is 0 Å². The number of nitrogens with one attached hydrogen (secondary N) is 1. The Morgan fingerprint density at radius 1 is 0.630 bits per heavy atom. The van der Waals surface area contributed by atoms with Crippen LogP contribution in [0.2, 0.25) is 0 Å². The van der Waals surface area contributed by atoms with Crippen LogP contribution in [0.1, 0.15) is 0 Å². The Hall–Kier alpha value is -0.320. The van der Waals surface area contributed by atoms with E-state index in [1.54, 1.807) is 0 Å². The van der Waals surface area contributed by atoms with Gasteiger partial charge in [0.15, 0.2) is 12.2 Å². The third-order valence-corrected chi connectivity index (χ3v) is 5.63. The molecule has 8 atom stereocenters. The Kier molecular flexibility index (Phi) is 6.66. The Morgan fingerprint density at radius 2 is 0.926 bits per heavy atom. The van der Waals surface area contributed by atoms with Gasteiger partial charge in [0.25, 0.3) is 0 Å². The second-order valence-electron chi connectivity index (χ2n) is 5.90. The van der Waals surface area contributed by atoms with Crippen molar-refractivity contribution in [1.29, 1.82) is 0 Å². The van der Waals surface area contributed by atoms with E-state index in [4.69, 9.17) is 38.8 Å². The molecule has 0 radical (unpaired) electrons. The third kappa shape index (κ3) is 4.64. The lowest BCUT2D eigenvalue weighted by Gasteiger charge is -2.22. The molecule has 17 heteroatoms. The van der Waals surface area contributed by atoms with E-state index >= 15 is 0 Å². The van der Waals surface area contributed by atoms with Crippen molar-refractivity contribution in [3.63, 3.8) is 0 Å². The first-order chi connectivity index (χ1) is 12.2. The molecule has 0 amide bonds. The zero-order chi connectivity index (χ0) is 20.9. The van der Waals surface area contributed by atoms with Gasteiger partial charge in [-0.05, 0) is 0 Å². The van der Waals surface area contributed by atoms with Crippen LogP contribution >= 0.6 is 15.9 Å². The molecule has 2 saturated heterocycles. The lowest BCUT2D eigenvalue weighted by molar-refractivity contribution is -0.133. The number of aliphatic hydroxyl groups excluding tert-OH is 4. The summed E-state index contributed by atoms with van der Waals surface area (Å²) in [5.74, 6) is 0. The molecule has 0 spiro atoms. The Balaban J connectivity index is 2.09. The molecule has 15 nitrogen and oxygen atoms in total. The number of ether oxygens (including phenoxy) is 2. The molecule has 0 bridgehead atoms. The Labute approximate surface area is 151 Å². The van der Waals surface area contributed by atoms with Crippen molar-refractivity contribution in [3.05, 3.63) is 0 Å². The first kappa shape index (κ1) is 23.0. The predicted molar refractivity (Wildman–Crippen MR) is 81.7 cm³/mol. The molecule has 2 aliphatic heterocycles. The normalized spacial score (nSPS) is 40.4. The van der Waals surface area contributed by atoms with E-state index in [2.05, 4.69) is 5.32 Å². The number of carbonyl (C=O) groups is 2. The summed E-state index contributed by atoms with van der Waals surface area (Å²) in [4.78, 5) is 76.9. The molecule has 2 rings (SSSR count). The van der Waals surface area contributed by atoms with Crippen molar-refractivity contribution in [1.82, 2.24) is 5.32 Å². The highest BCUT2D eigenvalue weighted by molar-refractivity contribution is 7.76. The summed E-state index contributed by atoms with van der Waals surface area (Å²) in [7, 11) is -10.1. The molecule has 156 valence electrons. The molecule has 0 aromatic heterocycles. The topological polar surface area (TPSA) is 267 Å². The first-order valence-electron chi connectivity index (χ1n) is 7.19. The molecular weight excluding hydrogens is 420 g/mol. The summed E-state index contributed by atoms with van der Waals surface area (Å²) in [6.07, 6.45) is -15.4. The average molecular weight is 439 g/mol. The maximum Gasteiger partial charge on any atom is 0.481 e. The molecule has 2 aliphatic rings. The van der Waals surface area contributed by atoms with Crippen LogP contribution in [0.4, 0.5) is 0 Å². The fraction of sp³-hybridized carbons (Fsp3) is 0.800. The number of hydrogen-bond donors (Lipinski definition) is 11. The molecule has 0 aromatic carbocycles. The molecule has 2 fully saturated rings. The summed E-state index contributed by atoms with van der Waals surface area (Å²) in [6.45, 7) is 0. The summed E-state index contributed by atoms with van der Waals surface area (Å²) in [6, 6.07) is 0. The molecule has 2 heterocycles. The standard InChI is InChI=1S/C10H19NO14P2/c12-1-3(14)7(24-5(1)9(16)26(18,19)20)11-8-4(15)2(13)6(25-8)10(17)27(21,22)23/h1-8,11-15,18-23H/q+2/t1-,2-,3+,4+,5-,6-,7?,8?/m0/s1. The van der Waals surface area contributed by atoms with E-state index in [1.165, 1.54) is 0 Å². The van der Waals surface area contributed by atoms with Gasteiger partial charge in [-0.3, -0.25) is 5.32 Å². The molecule has 0 saturated carbocycles. The maximum atomic E-state index is 11.6. The van der Waals surface area contributed by atoms with Gasteiger partial charge in [0, 0.05) is 0 Å². The van der Waals surface area contributed by atoms with Gasteiger partial charge in [-0.25, -0.2) is 9.59 Å². The number of carbonyl (C=O) groups excluding carboxylic acids is 2. The number of hydrogen-bond acceptors (Lipinski definition) is 15. The average Bonchev–Trinajstić information content (AvgIpc) is 2.97. The monoisotopic (exact) mass is 439 g/mol. The second-order valence-corrected chi connectivity index (χ2v) is 9.05. The third-order valence-electron chi connectivity index (χ3n) is 3.93. The second kappa shape index (κ2) is 7.84. The van der Waals surface area contributed by atoms with Gasteiger partial charge in [0.05, 0.1) is 0 Å². The highest BCUT2D eigenvalue weighted by Crippen LogP contribution is 2.49. The fourth-order valence-corrected chi connectivity index (χ4v) is 3.65. The Morgan fingerprint density at radius 3 is 1.19 bits per heavy atom. The van der Waals surface area contributed by atoms with E-state index in [0.29, 0.717) is 0 Å². The summed E-state index contributed by atoms with van der Waals surface area (Å²) in [5, 5.41) is 41.4. The highest BCUT2D eigenvalue weighted by atomic mass is 31.2. The van der Waals surface area contributed by atoms with E-state index in [1.807, 2.05) is 0 Å². The number of aliphatic hydroxyl groups is 4. The van der Waals surface area contributed by atoms with Gasteiger partial charge in [0.1, 0.15) is 36.9 Å². The Bertz CT molecular complexity index is 541. The van der Waals surface area contributed by atoms with Gasteiger partial charge in [-0.15, -0.1) is 0 Å². The maximum absolute atomic E-state index is 11.6. The minimum Gasteiger partial charge on any atom is -0.387 e. The van der Waals surface area contributed by atoms with Gasteiger partial charge < -0.3 is 29.9 Å². The largest absolute Gasteiger partial charge is 0.481 e. The van der Waals surface area contributed by atoms with Gasteiger partial charge in [-0.1, -0.05) is 0 Å². The van der Waals surface area contributed by atoms with Crippen LogP contribution in [0, 0.1) is 0 Å². The van der Waals surface area contributed by atoms with Crippen LogP contribution in [-0.4, -0.2) is 110 Å². The molecular formula is C10H19NO14P2+2. The number of rotatable bonds is 6. The molecule has 11 N–H and O–H groups in total. The zero-order valence-electron chi connectivity index (χ0n) is 13.1. The van der Waals surface area contributed by atoms with Crippen LogP contribution in [0.15, 0.2) is 0 Å². The van der Waals surface area contributed by atoms with Gasteiger partial charge in [-0.2, -0.15) is 29.4 Å². The quantitative estimate of drug-likeness (QED) is 0.172. The minimum absolute atomic E-state index is 1.70. The van der Waals surface area contributed by atoms with Crippen molar-refractivity contribution in [2.45, 2.75) is 49.1 Å². The lowest BCUT2D eigenvalue weighted by atomic mass is 10.1. The van der Waals surface area contributed by atoms with E-state index in [-0.39, 0.29) is 0 Å². The van der Waals surface area contributed by atoms with Crippen molar-refractivity contribution < 1.29 is 68.8 Å². The molecule has 27 heavy (non-hydrogen) atoms. The lowest BCUT2D eigenvalue weighted by Crippen LogP contribution is -2.50. The fourth-order valence-electron chi connectivity index (χ4n) is 2.54.